The summed E-state index contributed by atoms with van der Waals surface area (Å²) in [6.45, 7) is 7.22. The van der Waals surface area contributed by atoms with E-state index in [0.717, 1.165) is 31.2 Å². The van der Waals surface area contributed by atoms with E-state index in [1.54, 1.807) is 4.90 Å². The number of ether oxygens (including phenoxy) is 3. The van der Waals surface area contributed by atoms with Crippen molar-refractivity contribution in [1.82, 2.24) is 4.90 Å². The molecule has 6 nitrogen and oxygen atoms in total. The summed E-state index contributed by atoms with van der Waals surface area (Å²) in [6, 6.07) is 8.84. The van der Waals surface area contributed by atoms with Gasteiger partial charge in [0.1, 0.15) is 23.8 Å². The Labute approximate surface area is 213 Å². The Kier molecular flexibility index (Phi) is 7.13. The van der Waals surface area contributed by atoms with Crippen LogP contribution in [0.4, 0.5) is 9.18 Å². The van der Waals surface area contributed by atoms with Crippen molar-refractivity contribution in [2.24, 2.45) is 0 Å². The Hall–Kier alpha value is -2.61. The topological polar surface area (TPSA) is 65.1 Å². The molecule has 188 valence electrons. The molecule has 0 saturated carbocycles. The quantitative estimate of drug-likeness (QED) is 0.428. The summed E-state index contributed by atoms with van der Waals surface area (Å²) in [5.41, 5.74) is 2.99. The predicted octanol–water partition coefficient (Wildman–Crippen LogP) is 6.17. The number of methoxy groups -OCH3 is 1. The number of amides is 1. The largest absolute Gasteiger partial charge is 0.488 e. The van der Waals surface area contributed by atoms with Crippen LogP contribution in [0.2, 0.25) is 0 Å². The van der Waals surface area contributed by atoms with Crippen LogP contribution in [0.1, 0.15) is 67.1 Å². The number of rotatable bonds is 4. The lowest BCUT2D eigenvalue weighted by Gasteiger charge is -2.41. The van der Waals surface area contributed by atoms with E-state index in [1.807, 2.05) is 26.8 Å². The van der Waals surface area contributed by atoms with Crippen molar-refractivity contribution in [2.75, 3.05) is 20.2 Å². The summed E-state index contributed by atoms with van der Waals surface area (Å²) in [6.07, 6.45) is 3.49. The smallest absolute Gasteiger partial charge is 0.410 e. The maximum absolute atomic E-state index is 14.2. The normalized spacial score (nSPS) is 16.7. The summed E-state index contributed by atoms with van der Waals surface area (Å²) < 4.78 is 31.0. The number of esters is 1. The van der Waals surface area contributed by atoms with Crippen LogP contribution in [0.15, 0.2) is 34.8 Å². The summed E-state index contributed by atoms with van der Waals surface area (Å²) >= 11 is 3.33. The Morgan fingerprint density at radius 1 is 1.14 bits per heavy atom. The second kappa shape index (κ2) is 9.80. The molecule has 0 bridgehead atoms. The summed E-state index contributed by atoms with van der Waals surface area (Å²) in [5.74, 6) is -1.06. The van der Waals surface area contributed by atoms with Crippen LogP contribution in [-0.4, -0.2) is 42.8 Å². The summed E-state index contributed by atoms with van der Waals surface area (Å²) in [7, 11) is 1.21. The number of carbonyl (C=O) groups excluding carboxylic acids is 2. The molecule has 8 heteroatoms. The van der Waals surface area contributed by atoms with Crippen LogP contribution in [0.3, 0.4) is 0 Å². The van der Waals surface area contributed by atoms with E-state index in [0.29, 0.717) is 23.3 Å². The zero-order chi connectivity index (χ0) is 25.4. The second-order valence-electron chi connectivity index (χ2n) is 10.2. The first-order valence-electron chi connectivity index (χ1n) is 11.8. The molecule has 4 rings (SSSR count). The number of likely N-dealkylation sites (tertiary alicyclic amines) is 1. The molecule has 0 N–H and O–H groups in total. The Bertz CT molecular complexity index is 1140. The van der Waals surface area contributed by atoms with Gasteiger partial charge >= 0.3 is 12.1 Å². The van der Waals surface area contributed by atoms with E-state index in [-0.39, 0.29) is 23.7 Å². The number of carbonyl (C=O) groups is 2. The van der Waals surface area contributed by atoms with Crippen molar-refractivity contribution in [1.29, 1.82) is 0 Å². The van der Waals surface area contributed by atoms with Crippen molar-refractivity contribution < 1.29 is 28.2 Å². The van der Waals surface area contributed by atoms with Gasteiger partial charge < -0.3 is 19.1 Å². The molecule has 2 aliphatic rings. The van der Waals surface area contributed by atoms with Crippen molar-refractivity contribution in [3.63, 3.8) is 0 Å². The lowest BCUT2D eigenvalue weighted by molar-refractivity contribution is 0.0163. The van der Waals surface area contributed by atoms with Gasteiger partial charge in [-0.3, -0.25) is 0 Å². The molecular weight excluding hydrogens is 517 g/mol. The van der Waals surface area contributed by atoms with Gasteiger partial charge in [0.2, 0.25) is 0 Å². The number of benzene rings is 2. The Morgan fingerprint density at radius 2 is 1.86 bits per heavy atom. The number of halogens is 2. The SMILES string of the molecule is COC(=O)c1cc(OCc2cccc3c2C2(CC3)CCN(C(=O)OC(C)(C)C)CC2)c(Br)cc1F. The van der Waals surface area contributed by atoms with Crippen molar-refractivity contribution >= 4 is 28.0 Å². The minimum Gasteiger partial charge on any atom is -0.488 e. The highest BCUT2D eigenvalue weighted by Crippen LogP contribution is 2.48. The third kappa shape index (κ3) is 5.32. The highest BCUT2D eigenvalue weighted by molar-refractivity contribution is 9.10. The fraction of sp³-hybridized carbons (Fsp3) is 0.481. The molecule has 2 aromatic carbocycles. The molecule has 0 unspecified atom stereocenters. The first-order valence-corrected chi connectivity index (χ1v) is 12.6. The summed E-state index contributed by atoms with van der Waals surface area (Å²) in [5, 5.41) is 0. The number of hydrogen-bond acceptors (Lipinski definition) is 5. The van der Waals surface area contributed by atoms with E-state index in [2.05, 4.69) is 32.8 Å². The number of aryl methyl sites for hydroxylation is 1. The lowest BCUT2D eigenvalue weighted by Crippen LogP contribution is -2.46. The molecule has 1 saturated heterocycles. The molecule has 1 aliphatic carbocycles. The molecule has 0 aromatic heterocycles. The highest BCUT2D eigenvalue weighted by Gasteiger charge is 2.43. The molecule has 1 fully saturated rings. The van der Waals surface area contributed by atoms with E-state index < -0.39 is 17.4 Å². The molecule has 35 heavy (non-hydrogen) atoms. The number of piperidine rings is 1. The Balaban J connectivity index is 1.53. The maximum Gasteiger partial charge on any atom is 0.410 e. The first kappa shape index (κ1) is 25.5. The highest BCUT2D eigenvalue weighted by atomic mass is 79.9. The van der Waals surface area contributed by atoms with Crippen LogP contribution in [0.25, 0.3) is 0 Å². The monoisotopic (exact) mass is 547 g/mol. The first-order chi connectivity index (χ1) is 16.5. The summed E-state index contributed by atoms with van der Waals surface area (Å²) in [4.78, 5) is 26.3. The van der Waals surface area contributed by atoms with Gasteiger partial charge in [-0.2, -0.15) is 0 Å². The van der Waals surface area contributed by atoms with Crippen LogP contribution in [-0.2, 0) is 27.9 Å². The van der Waals surface area contributed by atoms with E-state index in [1.165, 1.54) is 30.4 Å². The van der Waals surface area contributed by atoms with Gasteiger partial charge in [0.25, 0.3) is 0 Å². The lowest BCUT2D eigenvalue weighted by atomic mass is 9.72. The zero-order valence-electron chi connectivity index (χ0n) is 20.6. The second-order valence-corrected chi connectivity index (χ2v) is 11.1. The van der Waals surface area contributed by atoms with Crippen LogP contribution in [0.5, 0.6) is 5.75 Å². The molecule has 2 aromatic rings. The van der Waals surface area contributed by atoms with E-state index in [9.17, 15) is 14.0 Å². The third-order valence-electron chi connectivity index (χ3n) is 6.82. The zero-order valence-corrected chi connectivity index (χ0v) is 22.2. The van der Waals surface area contributed by atoms with Gasteiger partial charge in [-0.1, -0.05) is 18.2 Å². The van der Waals surface area contributed by atoms with Gasteiger partial charge in [0, 0.05) is 13.1 Å². The minimum absolute atomic E-state index is 0.00892. The molecule has 1 spiro atoms. The predicted molar refractivity (Wildman–Crippen MR) is 133 cm³/mol. The average Bonchev–Trinajstić information content (AvgIpc) is 3.16. The van der Waals surface area contributed by atoms with Gasteiger partial charge in [-0.25, -0.2) is 14.0 Å². The molecule has 0 radical (unpaired) electrons. The van der Waals surface area contributed by atoms with Crippen LogP contribution < -0.4 is 4.74 Å². The van der Waals surface area contributed by atoms with E-state index in [4.69, 9.17) is 9.47 Å². The van der Waals surface area contributed by atoms with Crippen molar-refractivity contribution in [2.45, 2.75) is 64.1 Å². The Morgan fingerprint density at radius 3 is 2.51 bits per heavy atom. The van der Waals surface area contributed by atoms with Crippen LogP contribution in [0, 0.1) is 5.82 Å². The minimum atomic E-state index is -0.754. The molecule has 1 aliphatic heterocycles. The van der Waals surface area contributed by atoms with Gasteiger partial charge in [0.15, 0.2) is 0 Å². The average molecular weight is 548 g/mol. The molecule has 0 atom stereocenters. The van der Waals surface area contributed by atoms with E-state index >= 15 is 0 Å². The number of hydrogen-bond donors (Lipinski definition) is 0. The third-order valence-corrected chi connectivity index (χ3v) is 7.44. The van der Waals surface area contributed by atoms with Crippen molar-refractivity contribution in [3.8, 4) is 5.75 Å². The fourth-order valence-electron chi connectivity index (χ4n) is 5.17. The maximum atomic E-state index is 14.2. The van der Waals surface area contributed by atoms with Crippen molar-refractivity contribution in [3.05, 3.63) is 62.9 Å². The number of fused-ring (bicyclic) bond motifs is 2. The molecule has 1 amide bonds. The fourth-order valence-corrected chi connectivity index (χ4v) is 5.60. The number of nitrogens with zero attached hydrogens (tertiary/aromatic N) is 1. The molecule has 1 heterocycles. The standard InChI is InChI=1S/C27H31BrFNO5/c1-26(2,3)35-25(32)30-12-10-27(11-13-30)9-8-17-6-5-7-18(23(17)27)16-34-22-14-19(24(31)33-4)21(29)15-20(22)28/h5-7,14-15H,8-13,16H2,1-4H3. The van der Waals surface area contributed by atoms with Crippen LogP contribution >= 0.6 is 15.9 Å². The molecular formula is C27H31BrFNO5. The van der Waals surface area contributed by atoms with Gasteiger partial charge in [-0.05, 0) is 96.6 Å². The van der Waals surface area contributed by atoms with Gasteiger partial charge in [-0.15, -0.1) is 0 Å². The van der Waals surface area contributed by atoms with Gasteiger partial charge in [0.05, 0.1) is 17.1 Å².